The predicted molar refractivity (Wildman–Crippen MR) is 155 cm³/mol. The summed E-state index contributed by atoms with van der Waals surface area (Å²) in [5.41, 5.74) is 5.20. The van der Waals surface area contributed by atoms with E-state index in [4.69, 9.17) is 0 Å². The second-order valence-electron chi connectivity index (χ2n) is 13.0. The van der Waals surface area contributed by atoms with Crippen LogP contribution < -0.4 is 4.72 Å². The lowest BCUT2D eigenvalue weighted by Gasteiger charge is -2.27. The Morgan fingerprint density at radius 1 is 0.974 bits per heavy atom. The average Bonchev–Trinajstić information content (AvgIpc) is 3.17. The molecule has 38 heavy (non-hydrogen) atoms. The zero-order valence-electron chi connectivity index (χ0n) is 24.7. The Hall–Kier alpha value is -2.12. The molecule has 1 aliphatic rings. The quantitative estimate of drug-likeness (QED) is 0.276. The largest absolute Gasteiger partial charge is 0.469 e. The Bertz CT molecular complexity index is 1190. The number of nitrogens with one attached hydrogen (secondary N) is 1. The molecule has 2 aromatic rings. The predicted octanol–water partition coefficient (Wildman–Crippen LogP) is 6.87. The molecule has 3 rings (SSSR count). The molecule has 0 amide bonds. The lowest BCUT2D eigenvalue weighted by Crippen LogP contribution is -2.26. The van der Waals surface area contributed by atoms with Gasteiger partial charge in [0.1, 0.15) is 4.90 Å². The lowest BCUT2D eigenvalue weighted by atomic mass is 9.79. The van der Waals surface area contributed by atoms with Gasteiger partial charge in [0.15, 0.2) is 0 Å². The van der Waals surface area contributed by atoms with Crippen molar-refractivity contribution in [1.82, 2.24) is 9.29 Å². The maximum atomic E-state index is 13.5. The fourth-order valence-electron chi connectivity index (χ4n) is 5.26. The third-order valence-corrected chi connectivity index (χ3v) is 9.39. The molecule has 1 aromatic heterocycles. The van der Waals surface area contributed by atoms with Gasteiger partial charge in [-0.05, 0) is 77.8 Å². The van der Waals surface area contributed by atoms with Crippen molar-refractivity contribution in [1.29, 1.82) is 0 Å². The lowest BCUT2D eigenvalue weighted by molar-refractivity contribution is -0.140. The number of carbonyl (C=O) groups excluding carboxylic acids is 1. The molecule has 1 N–H and O–H groups in total. The molecule has 1 saturated carbocycles. The molecule has 0 aliphatic heterocycles. The van der Waals surface area contributed by atoms with Gasteiger partial charge in [0, 0.05) is 30.9 Å². The summed E-state index contributed by atoms with van der Waals surface area (Å²) in [5.74, 6) is 0.208. The van der Waals surface area contributed by atoms with Crippen LogP contribution in [0.5, 0.6) is 0 Å². The van der Waals surface area contributed by atoms with Crippen LogP contribution in [0.2, 0.25) is 0 Å². The highest BCUT2D eigenvalue weighted by atomic mass is 32.2. The van der Waals surface area contributed by atoms with Crippen molar-refractivity contribution in [2.75, 3.05) is 13.7 Å². The zero-order valence-corrected chi connectivity index (χ0v) is 25.6. The third kappa shape index (κ3) is 7.50. The molecule has 0 saturated heterocycles. The fraction of sp³-hybridized carbons (Fsp3) is 0.645. The zero-order chi connectivity index (χ0) is 28.3. The van der Waals surface area contributed by atoms with E-state index in [-0.39, 0.29) is 29.8 Å². The van der Waals surface area contributed by atoms with Gasteiger partial charge >= 0.3 is 5.97 Å². The molecule has 0 radical (unpaired) electrons. The monoisotopic (exact) mass is 544 g/mol. The minimum absolute atomic E-state index is 0.0397. The van der Waals surface area contributed by atoms with Crippen LogP contribution in [0.1, 0.15) is 103 Å². The summed E-state index contributed by atoms with van der Waals surface area (Å²) in [4.78, 5) is 11.8. The number of aromatic nitrogens is 1. The summed E-state index contributed by atoms with van der Waals surface area (Å²) in [5, 5.41) is 0. The normalized spacial score (nSPS) is 15.6. The van der Waals surface area contributed by atoms with Crippen LogP contribution in [0.15, 0.2) is 29.2 Å². The van der Waals surface area contributed by atoms with Crippen molar-refractivity contribution < 1.29 is 17.9 Å². The number of hydrogen-bond donors (Lipinski definition) is 1. The van der Waals surface area contributed by atoms with Crippen molar-refractivity contribution in [3.05, 3.63) is 41.1 Å². The number of rotatable bonds is 9. The second-order valence-corrected chi connectivity index (χ2v) is 14.7. The van der Waals surface area contributed by atoms with Crippen molar-refractivity contribution in [2.45, 2.75) is 116 Å². The van der Waals surface area contributed by atoms with Crippen LogP contribution in [-0.2, 0) is 36.9 Å². The molecule has 1 heterocycles. The number of carbonyl (C=O) groups is 1. The highest BCUT2D eigenvalue weighted by Gasteiger charge is 2.27. The van der Waals surface area contributed by atoms with Gasteiger partial charge in [-0.15, -0.1) is 0 Å². The maximum absolute atomic E-state index is 13.5. The first-order valence-corrected chi connectivity index (χ1v) is 15.5. The highest BCUT2D eigenvalue weighted by Crippen LogP contribution is 2.37. The summed E-state index contributed by atoms with van der Waals surface area (Å²) in [6, 6.07) is 8.63. The molecular weight excluding hydrogens is 496 g/mol. The average molecular weight is 545 g/mol. The number of ether oxygens (including phenoxy) is 1. The van der Waals surface area contributed by atoms with E-state index in [0.717, 1.165) is 23.5 Å². The smallest absolute Gasteiger partial charge is 0.305 e. The molecule has 1 fully saturated rings. The van der Waals surface area contributed by atoms with E-state index in [1.165, 1.54) is 50.3 Å². The summed E-state index contributed by atoms with van der Waals surface area (Å²) in [6.45, 7) is 16.3. The van der Waals surface area contributed by atoms with Crippen LogP contribution in [0.3, 0.4) is 0 Å². The topological polar surface area (TPSA) is 77.4 Å². The van der Waals surface area contributed by atoms with E-state index in [1.54, 1.807) is 0 Å². The number of esters is 1. The van der Waals surface area contributed by atoms with E-state index >= 15 is 0 Å². The number of benzene rings is 1. The number of nitrogens with zero attached hydrogens (tertiary/aromatic N) is 1. The summed E-state index contributed by atoms with van der Waals surface area (Å²) in [7, 11) is -2.41. The minimum atomic E-state index is -3.75. The molecule has 7 heteroatoms. The molecule has 212 valence electrons. The molecule has 0 bridgehead atoms. The Balaban J connectivity index is 2.10. The van der Waals surface area contributed by atoms with E-state index < -0.39 is 10.0 Å². The van der Waals surface area contributed by atoms with Gasteiger partial charge in [-0.3, -0.25) is 4.79 Å². The standard InChI is InChI=1S/C31H48N2O4S/c1-22-28(38(35,36)32-16-12-15-29(34)37-8)20-27(33(22)21-23-13-10-9-11-14-23)24-17-25(30(2,3)4)19-26(18-24)31(5,6)7/h17-20,23,32H,9-16,21H2,1-8H3. The number of sulfonamides is 1. The molecule has 0 spiro atoms. The molecule has 0 unspecified atom stereocenters. The Morgan fingerprint density at radius 3 is 2.08 bits per heavy atom. The summed E-state index contributed by atoms with van der Waals surface area (Å²) < 4.78 is 36.6. The fourth-order valence-corrected chi connectivity index (χ4v) is 6.59. The Labute approximate surface area is 230 Å². The van der Waals surface area contributed by atoms with Crippen LogP contribution in [0, 0.1) is 12.8 Å². The summed E-state index contributed by atoms with van der Waals surface area (Å²) in [6.07, 6.45) is 6.69. The number of methoxy groups -OCH3 is 1. The van der Waals surface area contributed by atoms with Gasteiger partial charge in [0.2, 0.25) is 10.0 Å². The van der Waals surface area contributed by atoms with Gasteiger partial charge in [0.05, 0.1) is 7.11 Å². The molecule has 1 aliphatic carbocycles. The van der Waals surface area contributed by atoms with E-state index in [2.05, 4.69) is 73.8 Å². The van der Waals surface area contributed by atoms with Gasteiger partial charge in [0.25, 0.3) is 0 Å². The van der Waals surface area contributed by atoms with Crippen LogP contribution in [0.25, 0.3) is 11.3 Å². The van der Waals surface area contributed by atoms with E-state index in [9.17, 15) is 13.2 Å². The van der Waals surface area contributed by atoms with Gasteiger partial charge < -0.3 is 9.30 Å². The van der Waals surface area contributed by atoms with Crippen molar-refractivity contribution in [3.63, 3.8) is 0 Å². The first-order valence-electron chi connectivity index (χ1n) is 14.1. The minimum Gasteiger partial charge on any atom is -0.469 e. The SMILES string of the molecule is COC(=O)CCCNS(=O)(=O)c1cc(-c2cc(C(C)(C)C)cc(C(C)(C)C)c2)n(CC2CCCCC2)c1C. The van der Waals surface area contributed by atoms with Crippen molar-refractivity contribution in [2.24, 2.45) is 5.92 Å². The van der Waals surface area contributed by atoms with E-state index in [1.807, 2.05) is 13.0 Å². The molecular formula is C31H48N2O4S. The molecule has 6 nitrogen and oxygen atoms in total. The summed E-state index contributed by atoms with van der Waals surface area (Å²) >= 11 is 0. The Kier molecular flexibility index (Phi) is 9.57. The van der Waals surface area contributed by atoms with Crippen molar-refractivity contribution >= 4 is 16.0 Å². The highest BCUT2D eigenvalue weighted by molar-refractivity contribution is 7.89. The van der Waals surface area contributed by atoms with E-state index in [0.29, 0.717) is 17.2 Å². The first-order chi connectivity index (χ1) is 17.6. The molecule has 0 atom stereocenters. The van der Waals surface area contributed by atoms with Gasteiger partial charge in [-0.25, -0.2) is 13.1 Å². The first kappa shape index (κ1) is 30.4. The molecule has 1 aromatic carbocycles. The van der Waals surface area contributed by atoms with Crippen LogP contribution in [0.4, 0.5) is 0 Å². The van der Waals surface area contributed by atoms with Crippen molar-refractivity contribution in [3.8, 4) is 11.3 Å². The maximum Gasteiger partial charge on any atom is 0.305 e. The van der Waals surface area contributed by atoms with Crippen LogP contribution in [-0.4, -0.2) is 32.6 Å². The number of hydrogen-bond acceptors (Lipinski definition) is 4. The Morgan fingerprint density at radius 2 is 1.55 bits per heavy atom. The second kappa shape index (κ2) is 12.0. The van der Waals surface area contributed by atoms with Crippen LogP contribution >= 0.6 is 0 Å². The van der Waals surface area contributed by atoms with Gasteiger partial charge in [-0.1, -0.05) is 66.9 Å². The van der Waals surface area contributed by atoms with Gasteiger partial charge in [-0.2, -0.15) is 0 Å². The third-order valence-electron chi connectivity index (χ3n) is 7.81.